The molecule has 1 atom stereocenters. The van der Waals surface area contributed by atoms with Crippen molar-refractivity contribution in [1.82, 2.24) is 20.4 Å². The Labute approximate surface area is 164 Å². The van der Waals surface area contributed by atoms with Crippen LogP contribution in [0.25, 0.3) is 11.4 Å². The fraction of sp³-hybridized carbons (Fsp3) is 0.550. The van der Waals surface area contributed by atoms with Crippen molar-refractivity contribution >= 4 is 17.6 Å². The Balaban J connectivity index is 1.39. The minimum Gasteiger partial charge on any atom is -0.339 e. The zero-order valence-corrected chi connectivity index (χ0v) is 16.1. The van der Waals surface area contributed by atoms with Gasteiger partial charge in [-0.1, -0.05) is 36.0 Å². The van der Waals surface area contributed by atoms with Gasteiger partial charge < -0.3 is 14.7 Å². The molecule has 1 aromatic heterocycles. The molecule has 144 valence electrons. The van der Waals surface area contributed by atoms with E-state index in [0.717, 1.165) is 37.8 Å². The summed E-state index contributed by atoms with van der Waals surface area (Å²) in [5.74, 6) is 1.25. The molecule has 2 heterocycles. The highest BCUT2D eigenvalue weighted by molar-refractivity contribution is 6.30. The van der Waals surface area contributed by atoms with E-state index in [9.17, 15) is 4.79 Å². The minimum absolute atomic E-state index is 0.0454. The van der Waals surface area contributed by atoms with Crippen molar-refractivity contribution in [2.24, 2.45) is 0 Å². The fourth-order valence-electron chi connectivity index (χ4n) is 3.99. The summed E-state index contributed by atoms with van der Waals surface area (Å²) in [5, 5.41) is 7.99. The molecule has 0 unspecified atom stereocenters. The molecule has 4 rings (SSSR count). The maximum atomic E-state index is 12.6. The third-order valence-corrected chi connectivity index (χ3v) is 5.79. The highest BCUT2D eigenvalue weighted by atomic mass is 35.5. The van der Waals surface area contributed by atoms with E-state index in [0.29, 0.717) is 29.3 Å². The van der Waals surface area contributed by atoms with Gasteiger partial charge in [0.25, 0.3) is 0 Å². The molecule has 0 bridgehead atoms. The highest BCUT2D eigenvalue weighted by Crippen LogP contribution is 2.28. The molecule has 7 heteroatoms. The molecule has 27 heavy (non-hydrogen) atoms. The minimum atomic E-state index is 0.0454. The normalized spacial score (nSPS) is 21.2. The van der Waals surface area contributed by atoms with E-state index < -0.39 is 0 Å². The van der Waals surface area contributed by atoms with Crippen LogP contribution in [-0.4, -0.2) is 40.2 Å². The van der Waals surface area contributed by atoms with Gasteiger partial charge in [-0.15, -0.1) is 0 Å². The Morgan fingerprint density at radius 3 is 2.67 bits per heavy atom. The maximum Gasteiger partial charge on any atom is 0.317 e. The summed E-state index contributed by atoms with van der Waals surface area (Å²) in [7, 11) is 0. The lowest BCUT2D eigenvalue weighted by Crippen LogP contribution is -2.48. The van der Waals surface area contributed by atoms with Crippen molar-refractivity contribution in [3.05, 3.63) is 35.2 Å². The average molecular weight is 389 g/mol. The van der Waals surface area contributed by atoms with E-state index in [1.54, 1.807) is 0 Å². The first-order valence-corrected chi connectivity index (χ1v) is 10.2. The number of rotatable bonds is 3. The summed E-state index contributed by atoms with van der Waals surface area (Å²) in [4.78, 5) is 19.1. The smallest absolute Gasteiger partial charge is 0.317 e. The first-order valence-electron chi connectivity index (χ1n) is 9.84. The molecule has 6 nitrogen and oxygen atoms in total. The zero-order valence-electron chi connectivity index (χ0n) is 15.4. The number of urea groups is 1. The number of benzene rings is 1. The van der Waals surface area contributed by atoms with Crippen molar-refractivity contribution in [3.63, 3.8) is 0 Å². The lowest BCUT2D eigenvalue weighted by atomic mass is 9.95. The summed E-state index contributed by atoms with van der Waals surface area (Å²) in [5.41, 5.74) is 0.872. The van der Waals surface area contributed by atoms with E-state index >= 15 is 0 Å². The van der Waals surface area contributed by atoms with Crippen LogP contribution in [0.1, 0.15) is 56.8 Å². The number of nitrogens with one attached hydrogen (secondary N) is 1. The average Bonchev–Trinajstić information content (AvgIpc) is 3.20. The van der Waals surface area contributed by atoms with Crippen molar-refractivity contribution in [3.8, 4) is 11.4 Å². The van der Waals surface area contributed by atoms with Crippen LogP contribution in [0.4, 0.5) is 4.79 Å². The van der Waals surface area contributed by atoms with Gasteiger partial charge in [0, 0.05) is 29.7 Å². The number of nitrogens with zero attached hydrogens (tertiary/aromatic N) is 3. The molecule has 2 aromatic rings. The number of amides is 2. The summed E-state index contributed by atoms with van der Waals surface area (Å²) in [6.07, 6.45) is 7.79. The number of aromatic nitrogens is 2. The van der Waals surface area contributed by atoms with Gasteiger partial charge in [0.2, 0.25) is 11.7 Å². The van der Waals surface area contributed by atoms with Crippen molar-refractivity contribution < 1.29 is 9.32 Å². The lowest BCUT2D eigenvalue weighted by Gasteiger charge is -2.33. The predicted octanol–water partition coefficient (Wildman–Crippen LogP) is 4.61. The van der Waals surface area contributed by atoms with Crippen LogP contribution >= 0.6 is 11.6 Å². The SMILES string of the molecule is O=C(NC1CCCCC1)N1CCC[C@@H](c2nc(-c3ccc(Cl)cc3)no2)C1. The van der Waals surface area contributed by atoms with Crippen LogP contribution in [0.15, 0.2) is 28.8 Å². The Morgan fingerprint density at radius 2 is 1.89 bits per heavy atom. The van der Waals surface area contributed by atoms with Gasteiger partial charge in [0.05, 0.1) is 5.92 Å². The van der Waals surface area contributed by atoms with Gasteiger partial charge in [0.1, 0.15) is 0 Å². The van der Waals surface area contributed by atoms with Crippen LogP contribution in [0.5, 0.6) is 0 Å². The predicted molar refractivity (Wildman–Crippen MR) is 104 cm³/mol. The maximum absolute atomic E-state index is 12.6. The first-order chi connectivity index (χ1) is 13.2. The Hall–Kier alpha value is -2.08. The van der Waals surface area contributed by atoms with Crippen LogP contribution in [0.2, 0.25) is 5.02 Å². The summed E-state index contributed by atoms with van der Waals surface area (Å²) in [6, 6.07) is 7.75. The van der Waals surface area contributed by atoms with Crippen molar-refractivity contribution in [2.45, 2.75) is 56.9 Å². The molecule has 0 spiro atoms. The monoisotopic (exact) mass is 388 g/mol. The number of piperidine rings is 1. The van der Waals surface area contributed by atoms with Crippen LogP contribution in [0.3, 0.4) is 0 Å². The van der Waals surface area contributed by atoms with E-state index in [2.05, 4.69) is 15.5 Å². The zero-order chi connectivity index (χ0) is 18.6. The van der Waals surface area contributed by atoms with E-state index in [4.69, 9.17) is 16.1 Å². The van der Waals surface area contributed by atoms with Gasteiger partial charge in [-0.2, -0.15) is 4.98 Å². The highest BCUT2D eigenvalue weighted by Gasteiger charge is 2.29. The van der Waals surface area contributed by atoms with E-state index in [1.165, 1.54) is 19.3 Å². The second-order valence-corrected chi connectivity index (χ2v) is 7.97. The number of hydrogen-bond acceptors (Lipinski definition) is 4. The van der Waals surface area contributed by atoms with Gasteiger partial charge in [-0.05, 0) is 49.9 Å². The molecule has 2 fully saturated rings. The molecule has 1 N–H and O–H groups in total. The van der Waals surface area contributed by atoms with E-state index in [-0.39, 0.29) is 11.9 Å². The molecular weight excluding hydrogens is 364 g/mol. The van der Waals surface area contributed by atoms with Gasteiger partial charge in [-0.25, -0.2) is 4.79 Å². The third-order valence-electron chi connectivity index (χ3n) is 5.53. The second kappa shape index (κ2) is 8.30. The molecule has 0 radical (unpaired) electrons. The number of carbonyl (C=O) groups excluding carboxylic acids is 1. The Kier molecular flexibility index (Phi) is 5.62. The number of hydrogen-bond donors (Lipinski definition) is 1. The molecule has 2 aliphatic rings. The molecule has 2 amide bonds. The van der Waals surface area contributed by atoms with Crippen molar-refractivity contribution in [2.75, 3.05) is 13.1 Å². The molecule has 1 aliphatic carbocycles. The topological polar surface area (TPSA) is 71.3 Å². The molecular formula is C20H25ClN4O2. The second-order valence-electron chi connectivity index (χ2n) is 7.53. The van der Waals surface area contributed by atoms with Gasteiger partial charge >= 0.3 is 6.03 Å². The lowest BCUT2D eigenvalue weighted by molar-refractivity contribution is 0.166. The fourth-order valence-corrected chi connectivity index (χ4v) is 4.12. The standard InChI is InChI=1S/C20H25ClN4O2/c21-16-10-8-14(9-11-16)18-23-19(27-24-18)15-5-4-12-25(13-15)20(26)22-17-6-2-1-3-7-17/h8-11,15,17H,1-7,12-13H2,(H,22,26)/t15-/m1/s1. The molecule has 1 saturated heterocycles. The Morgan fingerprint density at radius 1 is 1.11 bits per heavy atom. The first kappa shape index (κ1) is 18.3. The van der Waals surface area contributed by atoms with Crippen LogP contribution in [-0.2, 0) is 0 Å². The molecule has 1 aromatic carbocycles. The number of likely N-dealkylation sites (tertiary alicyclic amines) is 1. The van der Waals surface area contributed by atoms with E-state index in [1.807, 2.05) is 29.2 Å². The number of carbonyl (C=O) groups is 1. The quantitative estimate of drug-likeness (QED) is 0.833. The third kappa shape index (κ3) is 4.43. The molecule has 1 aliphatic heterocycles. The Bertz CT molecular complexity index is 771. The summed E-state index contributed by atoms with van der Waals surface area (Å²) in [6.45, 7) is 1.41. The largest absolute Gasteiger partial charge is 0.339 e. The van der Waals surface area contributed by atoms with Crippen molar-refractivity contribution in [1.29, 1.82) is 0 Å². The summed E-state index contributed by atoms with van der Waals surface area (Å²) >= 11 is 5.93. The van der Waals surface area contributed by atoms with Gasteiger partial charge in [-0.3, -0.25) is 0 Å². The van der Waals surface area contributed by atoms with Crippen LogP contribution < -0.4 is 5.32 Å². The van der Waals surface area contributed by atoms with Crippen LogP contribution in [0, 0.1) is 0 Å². The molecule has 1 saturated carbocycles. The number of halogens is 1. The van der Waals surface area contributed by atoms with Gasteiger partial charge in [0.15, 0.2) is 0 Å². The summed E-state index contributed by atoms with van der Waals surface area (Å²) < 4.78 is 5.51.